The fourth-order valence-corrected chi connectivity index (χ4v) is 1.37. The molecule has 0 aromatic heterocycles. The standard InChI is InChI=1S/C10H10ClNO3/c1-5(13)8-3-7(11)4-9(10(8)15)12-6(2)14/h3-4,15H,1-2H3,(H,12,14). The summed E-state index contributed by atoms with van der Waals surface area (Å²) in [5.41, 5.74) is 0.228. The Balaban J connectivity index is 3.28. The van der Waals surface area contributed by atoms with Crippen molar-refractivity contribution in [1.82, 2.24) is 0 Å². The van der Waals surface area contributed by atoms with Gasteiger partial charge in [0.2, 0.25) is 5.91 Å². The van der Waals surface area contributed by atoms with Crippen molar-refractivity contribution in [2.24, 2.45) is 0 Å². The SMILES string of the molecule is CC(=O)Nc1cc(Cl)cc(C(C)=O)c1O. The van der Waals surface area contributed by atoms with Gasteiger partial charge < -0.3 is 10.4 Å². The van der Waals surface area contributed by atoms with Crippen LogP contribution in [0.2, 0.25) is 5.02 Å². The number of carbonyl (C=O) groups is 2. The molecule has 0 aliphatic rings. The molecule has 4 nitrogen and oxygen atoms in total. The van der Waals surface area contributed by atoms with Crippen molar-refractivity contribution in [3.8, 4) is 5.75 Å². The van der Waals surface area contributed by atoms with Crippen LogP contribution in [0.25, 0.3) is 0 Å². The second kappa shape index (κ2) is 4.31. The summed E-state index contributed by atoms with van der Waals surface area (Å²) in [5.74, 6) is -0.925. The predicted octanol–water partition coefficient (Wildman–Crippen LogP) is 2.21. The van der Waals surface area contributed by atoms with Gasteiger partial charge in [-0.1, -0.05) is 11.6 Å². The van der Waals surface area contributed by atoms with E-state index in [9.17, 15) is 14.7 Å². The smallest absolute Gasteiger partial charge is 0.221 e. The molecule has 0 aliphatic heterocycles. The van der Waals surface area contributed by atoms with Crippen LogP contribution in [0.1, 0.15) is 24.2 Å². The number of rotatable bonds is 2. The molecule has 1 aromatic carbocycles. The molecular formula is C10H10ClNO3. The molecule has 0 saturated heterocycles. The van der Waals surface area contributed by atoms with Gasteiger partial charge in [-0.2, -0.15) is 0 Å². The Morgan fingerprint density at radius 1 is 1.33 bits per heavy atom. The number of amides is 1. The lowest BCUT2D eigenvalue weighted by atomic mass is 10.1. The summed E-state index contributed by atoms with van der Waals surface area (Å²) >= 11 is 5.73. The van der Waals surface area contributed by atoms with Crippen molar-refractivity contribution in [2.75, 3.05) is 5.32 Å². The van der Waals surface area contributed by atoms with Crippen LogP contribution in [0, 0.1) is 0 Å². The molecule has 1 rings (SSSR count). The monoisotopic (exact) mass is 227 g/mol. The molecule has 1 aromatic rings. The number of ketones is 1. The normalized spacial score (nSPS) is 9.80. The first-order valence-electron chi connectivity index (χ1n) is 4.23. The topological polar surface area (TPSA) is 66.4 Å². The van der Waals surface area contributed by atoms with Crippen molar-refractivity contribution in [2.45, 2.75) is 13.8 Å². The number of hydrogen-bond acceptors (Lipinski definition) is 3. The molecule has 1 amide bonds. The summed E-state index contributed by atoms with van der Waals surface area (Å²) in [6, 6.07) is 2.73. The lowest BCUT2D eigenvalue weighted by molar-refractivity contribution is -0.114. The highest BCUT2D eigenvalue weighted by molar-refractivity contribution is 6.31. The van der Waals surface area contributed by atoms with E-state index in [-0.39, 0.29) is 33.7 Å². The number of carbonyl (C=O) groups excluding carboxylic acids is 2. The van der Waals surface area contributed by atoms with Crippen LogP contribution in [0.3, 0.4) is 0 Å². The molecule has 0 unspecified atom stereocenters. The van der Waals surface area contributed by atoms with E-state index in [2.05, 4.69) is 5.32 Å². The average Bonchev–Trinajstić information content (AvgIpc) is 2.09. The predicted molar refractivity (Wildman–Crippen MR) is 57.4 cm³/mol. The van der Waals surface area contributed by atoms with E-state index >= 15 is 0 Å². The van der Waals surface area contributed by atoms with Gasteiger partial charge in [0.05, 0.1) is 11.3 Å². The maximum atomic E-state index is 11.1. The largest absolute Gasteiger partial charge is 0.505 e. The first-order chi connectivity index (χ1) is 6.91. The molecule has 5 heteroatoms. The number of nitrogens with one attached hydrogen (secondary N) is 1. The number of benzene rings is 1. The number of hydrogen-bond donors (Lipinski definition) is 2. The van der Waals surface area contributed by atoms with Gasteiger partial charge in [0.15, 0.2) is 5.78 Å². The van der Waals surface area contributed by atoms with Crippen LogP contribution < -0.4 is 5.32 Å². The van der Waals surface area contributed by atoms with Gasteiger partial charge in [0.1, 0.15) is 5.75 Å². The molecule has 80 valence electrons. The Bertz CT molecular complexity index is 429. The Kier molecular flexibility index (Phi) is 3.31. The minimum Gasteiger partial charge on any atom is -0.505 e. The fraction of sp³-hybridized carbons (Fsp3) is 0.200. The van der Waals surface area contributed by atoms with E-state index in [0.29, 0.717) is 0 Å². The second-order valence-corrected chi connectivity index (χ2v) is 3.52. The van der Waals surface area contributed by atoms with Crippen LogP contribution in [0.4, 0.5) is 5.69 Å². The zero-order valence-electron chi connectivity index (χ0n) is 8.30. The van der Waals surface area contributed by atoms with Crippen LogP contribution in [0.15, 0.2) is 12.1 Å². The summed E-state index contributed by atoms with van der Waals surface area (Å²) in [4.78, 5) is 21.9. The molecular weight excluding hydrogens is 218 g/mol. The number of Topliss-reactive ketones (excluding diaryl/α,β-unsaturated/α-hetero) is 1. The molecule has 0 heterocycles. The zero-order chi connectivity index (χ0) is 11.6. The lowest BCUT2D eigenvalue weighted by Gasteiger charge is -2.08. The first kappa shape index (κ1) is 11.5. The average molecular weight is 228 g/mol. The maximum Gasteiger partial charge on any atom is 0.221 e. The highest BCUT2D eigenvalue weighted by atomic mass is 35.5. The molecule has 15 heavy (non-hydrogen) atoms. The van der Waals surface area contributed by atoms with E-state index in [1.807, 2.05) is 0 Å². The molecule has 0 bridgehead atoms. The Labute approximate surface area is 91.9 Å². The van der Waals surface area contributed by atoms with Crippen molar-refractivity contribution < 1.29 is 14.7 Å². The second-order valence-electron chi connectivity index (χ2n) is 3.09. The fourth-order valence-electron chi connectivity index (χ4n) is 1.15. The minimum absolute atomic E-state index is 0.0891. The molecule has 2 N–H and O–H groups in total. The quantitative estimate of drug-likeness (QED) is 0.601. The Hall–Kier alpha value is -1.55. The van der Waals surface area contributed by atoms with Gasteiger partial charge in [0, 0.05) is 11.9 Å². The van der Waals surface area contributed by atoms with Crippen molar-refractivity contribution in [3.63, 3.8) is 0 Å². The summed E-state index contributed by atoms with van der Waals surface area (Å²) in [6.45, 7) is 2.61. The molecule has 0 aliphatic carbocycles. The van der Waals surface area contributed by atoms with Gasteiger partial charge in [-0.25, -0.2) is 0 Å². The van der Waals surface area contributed by atoms with Crippen LogP contribution in [0.5, 0.6) is 5.75 Å². The number of aromatic hydroxyl groups is 1. The van der Waals surface area contributed by atoms with Gasteiger partial charge in [0.25, 0.3) is 0 Å². The summed E-state index contributed by atoms with van der Waals surface area (Å²) < 4.78 is 0. The third-order valence-electron chi connectivity index (χ3n) is 1.76. The summed E-state index contributed by atoms with van der Waals surface area (Å²) in [5, 5.41) is 12.3. The van der Waals surface area contributed by atoms with Crippen molar-refractivity contribution in [3.05, 3.63) is 22.7 Å². The van der Waals surface area contributed by atoms with E-state index in [1.165, 1.54) is 26.0 Å². The third-order valence-corrected chi connectivity index (χ3v) is 1.98. The van der Waals surface area contributed by atoms with E-state index in [1.54, 1.807) is 0 Å². The van der Waals surface area contributed by atoms with Crippen molar-refractivity contribution in [1.29, 1.82) is 0 Å². The van der Waals surface area contributed by atoms with Gasteiger partial charge >= 0.3 is 0 Å². The lowest BCUT2D eigenvalue weighted by Crippen LogP contribution is -2.07. The van der Waals surface area contributed by atoms with Crippen molar-refractivity contribution >= 4 is 29.0 Å². The Morgan fingerprint density at radius 3 is 2.40 bits per heavy atom. The van der Waals surface area contributed by atoms with E-state index in [0.717, 1.165) is 0 Å². The van der Waals surface area contributed by atoms with Crippen LogP contribution in [-0.4, -0.2) is 16.8 Å². The van der Waals surface area contributed by atoms with Gasteiger partial charge in [-0.3, -0.25) is 9.59 Å². The van der Waals surface area contributed by atoms with E-state index in [4.69, 9.17) is 11.6 Å². The molecule has 0 spiro atoms. The molecule has 0 saturated carbocycles. The summed E-state index contributed by atoms with van der Waals surface area (Å²) in [7, 11) is 0. The van der Waals surface area contributed by atoms with Crippen LogP contribution in [-0.2, 0) is 4.79 Å². The maximum absolute atomic E-state index is 11.1. The molecule has 0 fully saturated rings. The molecule has 0 atom stereocenters. The van der Waals surface area contributed by atoms with E-state index < -0.39 is 0 Å². The highest BCUT2D eigenvalue weighted by Gasteiger charge is 2.13. The highest BCUT2D eigenvalue weighted by Crippen LogP contribution is 2.31. The van der Waals surface area contributed by atoms with Gasteiger partial charge in [-0.05, 0) is 19.1 Å². The van der Waals surface area contributed by atoms with Gasteiger partial charge in [-0.15, -0.1) is 0 Å². The zero-order valence-corrected chi connectivity index (χ0v) is 9.05. The number of phenols is 1. The van der Waals surface area contributed by atoms with Crippen LogP contribution >= 0.6 is 11.6 Å². The summed E-state index contributed by atoms with van der Waals surface area (Å²) in [6.07, 6.45) is 0. The third kappa shape index (κ3) is 2.70. The number of phenolic OH excluding ortho intramolecular Hbond substituents is 1. The minimum atomic E-state index is -0.345. The first-order valence-corrected chi connectivity index (χ1v) is 4.60. The number of anilines is 1. The number of halogens is 1. The molecule has 0 radical (unpaired) electrons. The Morgan fingerprint density at radius 2 is 1.93 bits per heavy atom.